The van der Waals surface area contributed by atoms with Crippen LogP contribution in [0.25, 0.3) is 0 Å². The van der Waals surface area contributed by atoms with Gasteiger partial charge in [-0.15, -0.1) is 11.8 Å². The highest BCUT2D eigenvalue weighted by Gasteiger charge is 2.33. The number of H-pyrrole nitrogens is 1. The molecule has 4 rings (SSSR count). The fraction of sp³-hybridized carbons (Fsp3) is 0.444. The molecule has 1 atom stereocenters. The van der Waals surface area contributed by atoms with Crippen LogP contribution in [-0.4, -0.2) is 26.4 Å². The van der Waals surface area contributed by atoms with Gasteiger partial charge in [0.1, 0.15) is 5.82 Å². The van der Waals surface area contributed by atoms with E-state index in [4.69, 9.17) is 0 Å². The summed E-state index contributed by atoms with van der Waals surface area (Å²) in [6, 6.07) is 6.44. The zero-order valence-electron chi connectivity index (χ0n) is 14.6. The lowest BCUT2D eigenvalue weighted by atomic mass is 9.95. The number of fused-ring (bicyclic) bond motifs is 1. The molecule has 9 heteroatoms. The molecule has 0 spiro atoms. The van der Waals surface area contributed by atoms with E-state index in [-0.39, 0.29) is 28.9 Å². The highest BCUT2D eigenvalue weighted by molar-refractivity contribution is 8.00. The molecule has 0 saturated heterocycles. The molecule has 0 radical (unpaired) electrons. The van der Waals surface area contributed by atoms with E-state index in [0.717, 1.165) is 25.7 Å². The number of nitro groups is 1. The number of thioether (sulfide) groups is 1. The summed E-state index contributed by atoms with van der Waals surface area (Å²) in [5, 5.41) is 16.5. The van der Waals surface area contributed by atoms with Crippen LogP contribution < -0.4 is 10.9 Å². The Morgan fingerprint density at radius 1 is 1.19 bits per heavy atom. The van der Waals surface area contributed by atoms with Crippen LogP contribution >= 0.6 is 11.8 Å². The molecule has 1 aromatic heterocycles. The van der Waals surface area contributed by atoms with Crippen LogP contribution in [0.1, 0.15) is 54.5 Å². The molecule has 2 aliphatic rings. The minimum absolute atomic E-state index is 0.0266. The second kappa shape index (κ2) is 7.22. The van der Waals surface area contributed by atoms with Crippen molar-refractivity contribution in [2.24, 2.45) is 0 Å². The van der Waals surface area contributed by atoms with Gasteiger partial charge in [0.2, 0.25) is 5.91 Å². The van der Waals surface area contributed by atoms with Gasteiger partial charge in [0.05, 0.1) is 27.5 Å². The highest BCUT2D eigenvalue weighted by atomic mass is 32.2. The van der Waals surface area contributed by atoms with E-state index in [2.05, 4.69) is 10.4 Å². The van der Waals surface area contributed by atoms with Gasteiger partial charge in [-0.05, 0) is 18.4 Å². The average Bonchev–Trinajstić information content (AvgIpc) is 2.88. The lowest BCUT2D eigenvalue weighted by Gasteiger charge is -2.24. The Bertz CT molecular complexity index is 945. The number of carbonyl (C=O) groups excluding carboxylic acids is 1. The average molecular weight is 388 g/mol. The summed E-state index contributed by atoms with van der Waals surface area (Å²) >= 11 is 1.31. The molecule has 1 unspecified atom stereocenters. The topological polar surface area (TPSA) is 110 Å². The number of aromatic nitrogens is 2. The lowest BCUT2D eigenvalue weighted by molar-refractivity contribution is -0.384. The van der Waals surface area contributed by atoms with Crippen LogP contribution in [0.2, 0.25) is 0 Å². The van der Waals surface area contributed by atoms with Crippen LogP contribution in [-0.2, 0) is 4.79 Å². The summed E-state index contributed by atoms with van der Waals surface area (Å²) in [5.41, 5.74) is 0.846. The smallest absolute Gasteiger partial charge is 0.270 e. The van der Waals surface area contributed by atoms with Crippen molar-refractivity contribution in [1.29, 1.82) is 0 Å². The van der Waals surface area contributed by atoms with Crippen molar-refractivity contribution in [3.63, 3.8) is 0 Å². The fourth-order valence-electron chi connectivity index (χ4n) is 3.92. The summed E-state index contributed by atoms with van der Waals surface area (Å²) in [6.45, 7) is 0. The summed E-state index contributed by atoms with van der Waals surface area (Å²) in [6.07, 6.45) is 5.29. The minimum Gasteiger partial charge on any atom is -0.310 e. The summed E-state index contributed by atoms with van der Waals surface area (Å²) in [7, 11) is 0. The predicted molar refractivity (Wildman–Crippen MR) is 103 cm³/mol. The lowest BCUT2D eigenvalue weighted by Crippen LogP contribution is -2.21. The van der Waals surface area contributed by atoms with E-state index in [1.165, 1.54) is 30.3 Å². The molecular weight excluding hydrogens is 368 g/mol. The maximum absolute atomic E-state index is 12.8. The van der Waals surface area contributed by atoms with Crippen molar-refractivity contribution in [1.82, 2.24) is 9.78 Å². The minimum atomic E-state index is -0.452. The quantitative estimate of drug-likeness (QED) is 0.619. The molecule has 1 fully saturated rings. The number of nitrogens with zero attached hydrogens (tertiary/aromatic N) is 2. The standard InChI is InChI=1S/C18H20N4O4S/c23-14-10-27-16(11-5-4-8-13(9-11)22(25)26)15-17(19-14)21(20-18(15)24)12-6-2-1-3-7-12/h4-5,8-9,12,16H,1-3,6-7,10H2,(H,19,23)(H,20,24). The van der Waals surface area contributed by atoms with E-state index in [9.17, 15) is 19.7 Å². The predicted octanol–water partition coefficient (Wildman–Crippen LogP) is 3.36. The molecule has 27 heavy (non-hydrogen) atoms. The molecule has 2 aromatic rings. The number of amides is 1. The van der Waals surface area contributed by atoms with Gasteiger partial charge in [-0.1, -0.05) is 31.4 Å². The molecule has 2 heterocycles. The Hall–Kier alpha value is -2.55. The second-order valence-electron chi connectivity index (χ2n) is 6.96. The Labute approximate surface area is 159 Å². The number of nitrogens with one attached hydrogen (secondary N) is 2. The van der Waals surface area contributed by atoms with Gasteiger partial charge >= 0.3 is 0 Å². The van der Waals surface area contributed by atoms with Gasteiger partial charge in [-0.3, -0.25) is 29.5 Å². The zero-order chi connectivity index (χ0) is 19.0. The number of hydrogen-bond acceptors (Lipinski definition) is 5. The van der Waals surface area contributed by atoms with E-state index in [1.54, 1.807) is 12.1 Å². The third-order valence-corrected chi connectivity index (χ3v) is 6.46. The van der Waals surface area contributed by atoms with Crippen molar-refractivity contribution >= 4 is 29.2 Å². The third-order valence-electron chi connectivity index (χ3n) is 5.19. The Morgan fingerprint density at radius 3 is 2.70 bits per heavy atom. The molecular formula is C18H20N4O4S. The number of anilines is 1. The first-order valence-corrected chi connectivity index (χ1v) is 10.1. The van der Waals surface area contributed by atoms with E-state index in [1.807, 2.05) is 4.68 Å². The fourth-order valence-corrected chi connectivity index (χ4v) is 5.04. The molecule has 142 valence electrons. The SMILES string of the molecule is O=C1CSC(c2cccc([N+](=O)[O-])c2)c2c(n(C3CCCCC3)[nH]c2=O)N1. The molecule has 1 aromatic carbocycles. The molecule has 1 amide bonds. The van der Waals surface area contributed by atoms with Crippen LogP contribution in [0.15, 0.2) is 29.1 Å². The third kappa shape index (κ3) is 3.39. The first-order valence-electron chi connectivity index (χ1n) is 9.05. The molecule has 1 aliphatic heterocycles. The van der Waals surface area contributed by atoms with Gasteiger partial charge in [0.15, 0.2) is 0 Å². The number of aromatic amines is 1. The number of nitro benzene ring substituents is 1. The van der Waals surface area contributed by atoms with Crippen molar-refractivity contribution in [3.05, 3.63) is 55.9 Å². The summed E-state index contributed by atoms with van der Waals surface area (Å²) in [4.78, 5) is 35.8. The maximum Gasteiger partial charge on any atom is 0.270 e. The number of non-ortho nitro benzene ring substituents is 1. The highest BCUT2D eigenvalue weighted by Crippen LogP contribution is 2.42. The normalized spacial score (nSPS) is 20.6. The first-order chi connectivity index (χ1) is 13.0. The van der Waals surface area contributed by atoms with Gasteiger partial charge in [0, 0.05) is 12.1 Å². The van der Waals surface area contributed by atoms with Crippen molar-refractivity contribution < 1.29 is 9.72 Å². The molecule has 2 N–H and O–H groups in total. The van der Waals surface area contributed by atoms with Crippen molar-refractivity contribution in [3.8, 4) is 0 Å². The molecule has 0 bridgehead atoms. The molecule has 8 nitrogen and oxygen atoms in total. The van der Waals surface area contributed by atoms with Crippen molar-refractivity contribution in [2.45, 2.75) is 43.4 Å². The number of benzene rings is 1. The van der Waals surface area contributed by atoms with Crippen LogP contribution in [0, 0.1) is 10.1 Å². The van der Waals surface area contributed by atoms with Gasteiger partial charge < -0.3 is 5.32 Å². The number of rotatable bonds is 3. The van der Waals surface area contributed by atoms with Gasteiger partial charge in [-0.25, -0.2) is 0 Å². The Kier molecular flexibility index (Phi) is 4.77. The van der Waals surface area contributed by atoms with E-state index >= 15 is 0 Å². The Balaban J connectivity index is 1.82. The van der Waals surface area contributed by atoms with Crippen LogP contribution in [0.4, 0.5) is 11.5 Å². The monoisotopic (exact) mass is 388 g/mol. The number of hydrogen-bond donors (Lipinski definition) is 2. The first kappa shape index (κ1) is 17.8. The maximum atomic E-state index is 12.8. The Morgan fingerprint density at radius 2 is 1.96 bits per heavy atom. The zero-order valence-corrected chi connectivity index (χ0v) is 15.5. The van der Waals surface area contributed by atoms with Crippen molar-refractivity contribution in [2.75, 3.05) is 11.1 Å². The largest absolute Gasteiger partial charge is 0.310 e. The summed E-state index contributed by atoms with van der Waals surface area (Å²) in [5.74, 6) is 0.530. The van der Waals surface area contributed by atoms with Crippen LogP contribution in [0.3, 0.4) is 0 Å². The van der Waals surface area contributed by atoms with E-state index < -0.39 is 10.2 Å². The van der Waals surface area contributed by atoms with Gasteiger partial charge in [0.25, 0.3) is 11.2 Å². The number of carbonyl (C=O) groups is 1. The van der Waals surface area contributed by atoms with Crippen LogP contribution in [0.5, 0.6) is 0 Å². The molecule has 1 aliphatic carbocycles. The second-order valence-corrected chi connectivity index (χ2v) is 8.05. The summed E-state index contributed by atoms with van der Waals surface area (Å²) < 4.78 is 1.81. The molecule has 1 saturated carbocycles. The van der Waals surface area contributed by atoms with E-state index in [0.29, 0.717) is 16.9 Å². The van der Waals surface area contributed by atoms with Gasteiger partial charge in [-0.2, -0.15) is 0 Å².